The lowest BCUT2D eigenvalue weighted by Gasteiger charge is -2.36. The minimum Gasteiger partial charge on any atom is -0.287 e. The Bertz CT molecular complexity index is 912. The molecule has 29 heavy (non-hydrogen) atoms. The number of nitrogens with zero attached hydrogens (tertiary/aromatic N) is 2. The first-order valence-electron chi connectivity index (χ1n) is 11.6. The van der Waals surface area contributed by atoms with E-state index in [9.17, 15) is 4.79 Å². The number of benzene rings is 1. The van der Waals surface area contributed by atoms with Gasteiger partial charge in [0, 0.05) is 23.3 Å². The summed E-state index contributed by atoms with van der Waals surface area (Å²) in [5.74, 6) is 1.04. The van der Waals surface area contributed by atoms with Crippen LogP contribution in [0.5, 0.6) is 0 Å². The van der Waals surface area contributed by atoms with Crippen molar-refractivity contribution in [2.45, 2.75) is 95.2 Å². The predicted molar refractivity (Wildman–Crippen MR) is 123 cm³/mol. The van der Waals surface area contributed by atoms with Gasteiger partial charge in [-0.1, -0.05) is 82.0 Å². The zero-order valence-electron chi connectivity index (χ0n) is 18.0. The minimum absolute atomic E-state index is 0.00752. The van der Waals surface area contributed by atoms with Gasteiger partial charge in [-0.15, -0.1) is 0 Å². The van der Waals surface area contributed by atoms with Gasteiger partial charge in [-0.2, -0.15) is 0 Å². The lowest BCUT2D eigenvalue weighted by Crippen LogP contribution is -2.40. The molecule has 0 radical (unpaired) electrons. The SMILES string of the molecule is CCCCCCSc1nc2c(c(=O)n1CCC)C1(CCCC1)Cc1ccccc1-2. The second-order valence-electron chi connectivity index (χ2n) is 8.81. The van der Waals surface area contributed by atoms with E-state index in [1.807, 2.05) is 4.57 Å². The molecular weight excluding hydrogens is 376 g/mol. The molecule has 0 amide bonds. The van der Waals surface area contributed by atoms with Gasteiger partial charge in [0.05, 0.1) is 11.3 Å². The van der Waals surface area contributed by atoms with Crippen LogP contribution in [0.1, 0.15) is 82.8 Å². The monoisotopic (exact) mass is 410 g/mol. The van der Waals surface area contributed by atoms with Gasteiger partial charge in [0.25, 0.3) is 5.56 Å². The van der Waals surface area contributed by atoms with Crippen LogP contribution in [0, 0.1) is 0 Å². The third-order valence-electron chi connectivity index (χ3n) is 6.70. The topological polar surface area (TPSA) is 34.9 Å². The van der Waals surface area contributed by atoms with Crippen molar-refractivity contribution < 1.29 is 0 Å². The van der Waals surface area contributed by atoms with E-state index in [-0.39, 0.29) is 11.0 Å². The fraction of sp³-hybridized carbons (Fsp3) is 0.600. The van der Waals surface area contributed by atoms with Crippen molar-refractivity contribution in [1.82, 2.24) is 9.55 Å². The summed E-state index contributed by atoms with van der Waals surface area (Å²) in [6.45, 7) is 5.17. The second kappa shape index (κ2) is 9.07. The Morgan fingerprint density at radius 1 is 1.07 bits per heavy atom. The maximum absolute atomic E-state index is 13.8. The van der Waals surface area contributed by atoms with Crippen LogP contribution in [-0.4, -0.2) is 15.3 Å². The molecule has 4 rings (SSSR count). The summed E-state index contributed by atoms with van der Waals surface area (Å²) in [6.07, 6.45) is 11.7. The van der Waals surface area contributed by atoms with Gasteiger partial charge in [-0.05, 0) is 37.7 Å². The van der Waals surface area contributed by atoms with Crippen molar-refractivity contribution in [3.63, 3.8) is 0 Å². The summed E-state index contributed by atoms with van der Waals surface area (Å²) >= 11 is 1.78. The Labute approximate surface area is 179 Å². The van der Waals surface area contributed by atoms with Gasteiger partial charge in [0.2, 0.25) is 0 Å². The number of unbranched alkanes of at least 4 members (excludes halogenated alkanes) is 3. The maximum atomic E-state index is 13.8. The molecule has 0 unspecified atom stereocenters. The molecule has 1 aromatic heterocycles. The number of aromatic nitrogens is 2. The molecule has 156 valence electrons. The standard InChI is InChI=1S/C25H34N2OS/c1-3-5-6-11-17-29-24-26-22-20-13-8-7-12-19(20)18-25(14-9-10-15-25)21(22)23(28)27(24)16-4-2/h7-8,12-13H,3-6,9-11,14-18H2,1-2H3. The molecule has 1 spiro atoms. The molecule has 2 aliphatic rings. The normalized spacial score (nSPS) is 16.8. The summed E-state index contributed by atoms with van der Waals surface area (Å²) in [7, 11) is 0. The molecule has 0 N–H and O–H groups in total. The Morgan fingerprint density at radius 3 is 2.62 bits per heavy atom. The first-order chi connectivity index (χ1) is 14.2. The maximum Gasteiger partial charge on any atom is 0.258 e. The molecule has 4 heteroatoms. The van der Waals surface area contributed by atoms with Crippen molar-refractivity contribution in [1.29, 1.82) is 0 Å². The summed E-state index contributed by atoms with van der Waals surface area (Å²) in [5, 5.41) is 0.928. The molecule has 0 saturated heterocycles. The Hall–Kier alpha value is -1.55. The van der Waals surface area contributed by atoms with E-state index >= 15 is 0 Å². The van der Waals surface area contributed by atoms with E-state index in [0.717, 1.165) is 54.4 Å². The number of hydrogen-bond acceptors (Lipinski definition) is 3. The van der Waals surface area contributed by atoms with E-state index in [1.54, 1.807) is 11.8 Å². The number of hydrogen-bond donors (Lipinski definition) is 0. The summed E-state index contributed by atoms with van der Waals surface area (Å²) in [5.41, 5.74) is 4.83. The number of thioether (sulfide) groups is 1. The molecule has 0 bridgehead atoms. The van der Waals surface area contributed by atoms with Crippen LogP contribution in [0.25, 0.3) is 11.3 Å². The molecule has 0 atom stereocenters. The molecule has 0 aliphatic heterocycles. The van der Waals surface area contributed by atoms with Crippen molar-refractivity contribution >= 4 is 11.8 Å². The fourth-order valence-electron chi connectivity index (χ4n) is 5.27. The van der Waals surface area contributed by atoms with Gasteiger partial charge in [-0.3, -0.25) is 9.36 Å². The lowest BCUT2D eigenvalue weighted by atomic mass is 9.68. The minimum atomic E-state index is 0.00752. The van der Waals surface area contributed by atoms with Crippen molar-refractivity contribution in [2.75, 3.05) is 5.75 Å². The van der Waals surface area contributed by atoms with Gasteiger partial charge in [0.15, 0.2) is 5.16 Å². The van der Waals surface area contributed by atoms with Gasteiger partial charge in [0.1, 0.15) is 0 Å². The Kier molecular flexibility index (Phi) is 6.48. The van der Waals surface area contributed by atoms with Crippen LogP contribution in [0.4, 0.5) is 0 Å². The van der Waals surface area contributed by atoms with Gasteiger partial charge in [-0.25, -0.2) is 4.98 Å². The number of rotatable bonds is 8. The Morgan fingerprint density at radius 2 is 1.86 bits per heavy atom. The van der Waals surface area contributed by atoms with E-state index in [4.69, 9.17) is 4.98 Å². The average Bonchev–Trinajstić information content (AvgIpc) is 3.18. The smallest absolute Gasteiger partial charge is 0.258 e. The first-order valence-corrected chi connectivity index (χ1v) is 12.5. The average molecular weight is 411 g/mol. The summed E-state index contributed by atoms with van der Waals surface area (Å²) in [6, 6.07) is 8.64. The zero-order valence-corrected chi connectivity index (χ0v) is 18.8. The Balaban J connectivity index is 1.80. The van der Waals surface area contributed by atoms with Crippen molar-refractivity contribution in [3.05, 3.63) is 45.7 Å². The van der Waals surface area contributed by atoms with Crippen molar-refractivity contribution in [2.24, 2.45) is 0 Å². The molecule has 3 nitrogen and oxygen atoms in total. The van der Waals surface area contributed by atoms with Crippen LogP contribution < -0.4 is 5.56 Å². The summed E-state index contributed by atoms with van der Waals surface area (Å²) < 4.78 is 2.00. The van der Waals surface area contributed by atoms with Crippen molar-refractivity contribution in [3.8, 4) is 11.3 Å². The van der Waals surface area contributed by atoms with E-state index in [2.05, 4.69) is 38.1 Å². The van der Waals surface area contributed by atoms with Crippen LogP contribution >= 0.6 is 11.8 Å². The van der Waals surface area contributed by atoms with Crippen LogP contribution in [0.3, 0.4) is 0 Å². The molecular formula is C25H34N2OS. The van der Waals surface area contributed by atoms with E-state index in [0.29, 0.717) is 0 Å². The molecule has 1 aromatic carbocycles. The van der Waals surface area contributed by atoms with Gasteiger partial charge < -0.3 is 0 Å². The predicted octanol–water partition coefficient (Wildman–Crippen LogP) is 6.36. The lowest BCUT2D eigenvalue weighted by molar-refractivity contribution is 0.414. The first kappa shape index (κ1) is 20.7. The zero-order chi connectivity index (χ0) is 20.3. The van der Waals surface area contributed by atoms with Gasteiger partial charge >= 0.3 is 0 Å². The molecule has 1 fully saturated rings. The fourth-order valence-corrected chi connectivity index (χ4v) is 6.29. The highest BCUT2D eigenvalue weighted by Gasteiger charge is 2.44. The highest BCUT2D eigenvalue weighted by atomic mass is 32.2. The third-order valence-corrected chi connectivity index (χ3v) is 7.77. The third kappa shape index (κ3) is 3.93. The van der Waals surface area contributed by atoms with Crippen LogP contribution in [0.2, 0.25) is 0 Å². The molecule has 2 aromatic rings. The second-order valence-corrected chi connectivity index (χ2v) is 9.87. The van der Waals surface area contributed by atoms with Crippen LogP contribution in [0.15, 0.2) is 34.2 Å². The molecule has 2 aliphatic carbocycles. The highest BCUT2D eigenvalue weighted by molar-refractivity contribution is 7.99. The highest BCUT2D eigenvalue weighted by Crippen LogP contribution is 2.49. The van der Waals surface area contributed by atoms with E-state index < -0.39 is 0 Å². The summed E-state index contributed by atoms with van der Waals surface area (Å²) in [4.78, 5) is 19.0. The molecule has 1 heterocycles. The largest absolute Gasteiger partial charge is 0.287 e. The van der Waals surface area contributed by atoms with Crippen LogP contribution in [-0.2, 0) is 18.4 Å². The quantitative estimate of drug-likeness (QED) is 0.288. The molecule has 1 saturated carbocycles. The number of fused-ring (bicyclic) bond motifs is 4. The van der Waals surface area contributed by atoms with E-state index in [1.165, 1.54) is 49.7 Å².